The Morgan fingerprint density at radius 3 is 2.11 bits per heavy atom. The van der Waals surface area contributed by atoms with E-state index < -0.39 is 0 Å². The van der Waals surface area contributed by atoms with Crippen LogP contribution in [0.3, 0.4) is 0 Å². The summed E-state index contributed by atoms with van der Waals surface area (Å²) >= 11 is 5.22. The van der Waals surface area contributed by atoms with Crippen LogP contribution in [-0.4, -0.2) is 17.6 Å². The Bertz CT molecular complexity index is 926. The molecule has 0 aliphatic carbocycles. The van der Waals surface area contributed by atoms with Crippen LogP contribution in [0.25, 0.3) is 0 Å². The van der Waals surface area contributed by atoms with Gasteiger partial charge in [-0.1, -0.05) is 18.2 Å². The van der Waals surface area contributed by atoms with E-state index in [4.69, 9.17) is 21.7 Å². The van der Waals surface area contributed by atoms with E-state index in [2.05, 4.69) is 10.6 Å². The van der Waals surface area contributed by atoms with Crippen LogP contribution in [0, 0.1) is 0 Å². The summed E-state index contributed by atoms with van der Waals surface area (Å²) in [4.78, 5) is 12.3. The zero-order chi connectivity index (χ0) is 19.8. The largest absolute Gasteiger partial charge is 0.494 e. The Morgan fingerprint density at radius 2 is 1.46 bits per heavy atom. The van der Waals surface area contributed by atoms with E-state index >= 15 is 0 Å². The molecule has 0 fully saturated rings. The highest BCUT2D eigenvalue weighted by molar-refractivity contribution is 7.80. The molecular weight excluding hydrogens is 372 g/mol. The van der Waals surface area contributed by atoms with E-state index in [1.165, 1.54) is 0 Å². The molecular formula is C22H20N2O3S. The Balaban J connectivity index is 1.53. The lowest BCUT2D eigenvalue weighted by Gasteiger charge is -2.11. The summed E-state index contributed by atoms with van der Waals surface area (Å²) in [6.45, 7) is 2.49. The topological polar surface area (TPSA) is 59.6 Å². The van der Waals surface area contributed by atoms with Crippen LogP contribution in [0.2, 0.25) is 0 Å². The molecule has 28 heavy (non-hydrogen) atoms. The number of anilines is 1. The molecule has 0 saturated heterocycles. The van der Waals surface area contributed by atoms with E-state index in [0.717, 1.165) is 17.2 Å². The molecule has 0 atom stereocenters. The molecule has 0 aliphatic rings. The van der Waals surface area contributed by atoms with Crippen LogP contribution in [0.5, 0.6) is 17.2 Å². The fourth-order valence-corrected chi connectivity index (χ4v) is 2.65. The lowest BCUT2D eigenvalue weighted by Crippen LogP contribution is -2.34. The van der Waals surface area contributed by atoms with Gasteiger partial charge in [0.25, 0.3) is 5.91 Å². The first kappa shape index (κ1) is 19.4. The van der Waals surface area contributed by atoms with Crippen LogP contribution in [0.1, 0.15) is 17.3 Å². The molecule has 0 spiro atoms. The second-order valence-electron chi connectivity index (χ2n) is 5.81. The van der Waals surface area contributed by atoms with E-state index in [-0.39, 0.29) is 11.0 Å². The number of carbonyl (C=O) groups excluding carboxylic acids is 1. The molecule has 0 radical (unpaired) electrons. The zero-order valence-corrected chi connectivity index (χ0v) is 16.2. The van der Waals surface area contributed by atoms with Crippen molar-refractivity contribution in [1.82, 2.24) is 5.32 Å². The number of hydrogen-bond acceptors (Lipinski definition) is 4. The van der Waals surface area contributed by atoms with Crippen LogP contribution in [0.4, 0.5) is 5.69 Å². The summed E-state index contributed by atoms with van der Waals surface area (Å²) in [6, 6.07) is 23.7. The molecule has 0 saturated carbocycles. The van der Waals surface area contributed by atoms with Gasteiger partial charge in [0.2, 0.25) is 0 Å². The quantitative estimate of drug-likeness (QED) is 0.578. The number of benzene rings is 3. The minimum Gasteiger partial charge on any atom is -0.494 e. The van der Waals surface area contributed by atoms with E-state index in [9.17, 15) is 4.79 Å². The molecule has 0 unspecified atom stereocenters. The molecule has 3 aromatic rings. The van der Waals surface area contributed by atoms with Gasteiger partial charge in [-0.3, -0.25) is 10.1 Å². The molecule has 0 aromatic heterocycles. The molecule has 0 bridgehead atoms. The van der Waals surface area contributed by atoms with Crippen molar-refractivity contribution < 1.29 is 14.3 Å². The average Bonchev–Trinajstić information content (AvgIpc) is 2.71. The lowest BCUT2D eigenvalue weighted by atomic mass is 10.2. The summed E-state index contributed by atoms with van der Waals surface area (Å²) in [5.41, 5.74) is 1.25. The third-order valence-electron chi connectivity index (χ3n) is 3.75. The number of rotatable bonds is 6. The second-order valence-corrected chi connectivity index (χ2v) is 6.21. The maximum Gasteiger partial charge on any atom is 0.257 e. The SMILES string of the molecule is CCOc1ccc(C(=O)NC(=S)Nc2ccc(Oc3ccccc3)cc2)cc1. The molecule has 3 aromatic carbocycles. The first-order valence-corrected chi connectivity index (χ1v) is 9.23. The standard InChI is InChI=1S/C22H20N2O3S/c1-2-26-18-12-8-16(9-13-18)21(25)24-22(28)23-17-10-14-20(15-11-17)27-19-6-4-3-5-7-19/h3-15H,2H2,1H3,(H2,23,24,25,28). The number of para-hydroxylation sites is 1. The maximum atomic E-state index is 12.3. The number of thiocarbonyl (C=S) groups is 1. The average molecular weight is 392 g/mol. The summed E-state index contributed by atoms with van der Waals surface area (Å²) in [7, 11) is 0. The number of nitrogens with one attached hydrogen (secondary N) is 2. The first-order valence-electron chi connectivity index (χ1n) is 8.82. The van der Waals surface area contributed by atoms with Gasteiger partial charge < -0.3 is 14.8 Å². The highest BCUT2D eigenvalue weighted by atomic mass is 32.1. The summed E-state index contributed by atoms with van der Waals surface area (Å²) in [5.74, 6) is 1.91. The molecule has 142 valence electrons. The molecule has 0 heterocycles. The smallest absolute Gasteiger partial charge is 0.257 e. The van der Waals surface area contributed by atoms with Crippen molar-refractivity contribution in [2.45, 2.75) is 6.92 Å². The third kappa shape index (κ3) is 5.56. The number of hydrogen-bond donors (Lipinski definition) is 2. The fourth-order valence-electron chi connectivity index (χ4n) is 2.44. The van der Waals surface area contributed by atoms with Crippen LogP contribution >= 0.6 is 12.2 Å². The molecule has 0 aliphatic heterocycles. The van der Waals surface area contributed by atoms with Gasteiger partial charge in [-0.15, -0.1) is 0 Å². The van der Waals surface area contributed by atoms with Gasteiger partial charge in [0.05, 0.1) is 6.61 Å². The molecule has 5 nitrogen and oxygen atoms in total. The van der Waals surface area contributed by atoms with Gasteiger partial charge in [-0.2, -0.15) is 0 Å². The highest BCUT2D eigenvalue weighted by Crippen LogP contribution is 2.22. The van der Waals surface area contributed by atoms with Crippen molar-refractivity contribution in [3.8, 4) is 17.2 Å². The predicted octanol–water partition coefficient (Wildman–Crippen LogP) is 5.00. The highest BCUT2D eigenvalue weighted by Gasteiger charge is 2.08. The van der Waals surface area contributed by atoms with E-state index in [1.54, 1.807) is 24.3 Å². The van der Waals surface area contributed by atoms with Crippen molar-refractivity contribution in [3.63, 3.8) is 0 Å². The molecule has 3 rings (SSSR count). The van der Waals surface area contributed by atoms with E-state index in [1.807, 2.05) is 61.5 Å². The maximum absolute atomic E-state index is 12.3. The van der Waals surface area contributed by atoms with Crippen molar-refractivity contribution in [2.75, 3.05) is 11.9 Å². The zero-order valence-electron chi connectivity index (χ0n) is 15.3. The molecule has 2 N–H and O–H groups in total. The van der Waals surface area contributed by atoms with Gasteiger partial charge in [0.1, 0.15) is 17.2 Å². The van der Waals surface area contributed by atoms with E-state index in [0.29, 0.717) is 17.9 Å². The van der Waals surface area contributed by atoms with Crippen LogP contribution < -0.4 is 20.1 Å². The summed E-state index contributed by atoms with van der Waals surface area (Å²) < 4.78 is 11.1. The normalized spacial score (nSPS) is 10.0. The Labute approximate surface area is 169 Å². The number of carbonyl (C=O) groups is 1. The minimum absolute atomic E-state index is 0.218. The monoisotopic (exact) mass is 392 g/mol. The Morgan fingerprint density at radius 1 is 0.857 bits per heavy atom. The van der Waals surface area contributed by atoms with Crippen molar-refractivity contribution in [2.24, 2.45) is 0 Å². The van der Waals surface area contributed by atoms with Crippen molar-refractivity contribution >= 4 is 28.9 Å². The summed E-state index contributed by atoms with van der Waals surface area (Å²) in [6.07, 6.45) is 0. The molecule has 1 amide bonds. The first-order chi connectivity index (χ1) is 13.6. The lowest BCUT2D eigenvalue weighted by molar-refractivity contribution is 0.0977. The van der Waals surface area contributed by atoms with Gasteiger partial charge in [-0.25, -0.2) is 0 Å². The van der Waals surface area contributed by atoms with Gasteiger partial charge in [-0.05, 0) is 79.8 Å². The third-order valence-corrected chi connectivity index (χ3v) is 3.95. The van der Waals surface area contributed by atoms with Crippen molar-refractivity contribution in [3.05, 3.63) is 84.4 Å². The number of amides is 1. The Hall–Kier alpha value is -3.38. The van der Waals surface area contributed by atoms with Crippen LogP contribution in [0.15, 0.2) is 78.9 Å². The van der Waals surface area contributed by atoms with Gasteiger partial charge >= 0.3 is 0 Å². The number of ether oxygens (including phenoxy) is 2. The minimum atomic E-state index is -0.287. The molecule has 6 heteroatoms. The van der Waals surface area contributed by atoms with Gasteiger partial charge in [0, 0.05) is 11.3 Å². The van der Waals surface area contributed by atoms with Gasteiger partial charge in [0.15, 0.2) is 5.11 Å². The Kier molecular flexibility index (Phi) is 6.59. The predicted molar refractivity (Wildman–Crippen MR) is 114 cm³/mol. The van der Waals surface area contributed by atoms with Crippen LogP contribution in [-0.2, 0) is 0 Å². The van der Waals surface area contributed by atoms with Crippen molar-refractivity contribution in [1.29, 1.82) is 0 Å². The fraction of sp³-hybridized carbons (Fsp3) is 0.0909. The second kappa shape index (κ2) is 9.53. The summed E-state index contributed by atoms with van der Waals surface area (Å²) in [5, 5.41) is 5.86.